The highest BCUT2D eigenvalue weighted by Gasteiger charge is 2.17. The summed E-state index contributed by atoms with van der Waals surface area (Å²) in [5, 5.41) is 13.8. The van der Waals surface area contributed by atoms with Gasteiger partial charge in [0.1, 0.15) is 17.4 Å². The summed E-state index contributed by atoms with van der Waals surface area (Å²) in [4.78, 5) is 15.1. The molecule has 21 heavy (non-hydrogen) atoms. The summed E-state index contributed by atoms with van der Waals surface area (Å²) < 4.78 is 5.42. The summed E-state index contributed by atoms with van der Waals surface area (Å²) in [5.74, 6) is 0.690. The molecule has 0 unspecified atom stereocenters. The molecule has 2 aromatic heterocycles. The second-order valence-electron chi connectivity index (χ2n) is 4.90. The van der Waals surface area contributed by atoms with Crippen molar-refractivity contribution in [2.24, 2.45) is 0 Å². The monoisotopic (exact) mass is 303 g/mol. The van der Waals surface area contributed by atoms with Gasteiger partial charge in [0.2, 0.25) is 11.8 Å². The van der Waals surface area contributed by atoms with Crippen molar-refractivity contribution in [3.63, 3.8) is 0 Å². The number of anilines is 1. The third-order valence-electron chi connectivity index (χ3n) is 3.17. The Morgan fingerprint density at radius 1 is 1.52 bits per heavy atom. The van der Waals surface area contributed by atoms with E-state index in [4.69, 9.17) is 9.68 Å². The molecule has 0 saturated heterocycles. The number of carbonyl (C=O) groups excluding carboxylic acids is 1. The van der Waals surface area contributed by atoms with Crippen molar-refractivity contribution in [3.8, 4) is 6.07 Å². The van der Waals surface area contributed by atoms with E-state index in [0.717, 1.165) is 5.56 Å². The number of amides is 1. The lowest BCUT2D eigenvalue weighted by atomic mass is 10.2. The molecule has 0 radical (unpaired) electrons. The van der Waals surface area contributed by atoms with E-state index in [1.165, 1.54) is 4.88 Å². The number of nitrogens with one attached hydrogen (secondary N) is 1. The Balaban J connectivity index is 1.96. The minimum atomic E-state index is -0.195. The zero-order valence-electron chi connectivity index (χ0n) is 12.3. The number of furan rings is 1. The predicted octanol–water partition coefficient (Wildman–Crippen LogP) is 2.90. The summed E-state index contributed by atoms with van der Waals surface area (Å²) in [5.41, 5.74) is 1.15. The van der Waals surface area contributed by atoms with Crippen LogP contribution in [0.5, 0.6) is 0 Å². The number of rotatable bonds is 5. The molecule has 0 aliphatic carbocycles. The number of carbonyl (C=O) groups is 1. The standard InChI is InChI=1S/C15H17N3O2S/c1-10-11(2)20-15(13(10)7-16)17-14(19)9-18(3)8-12-5-4-6-21-12/h4-6H,8-9H2,1-3H3,(H,17,19). The second-order valence-corrected chi connectivity index (χ2v) is 5.93. The largest absolute Gasteiger partial charge is 0.444 e. The van der Waals surface area contributed by atoms with Gasteiger partial charge in [0.15, 0.2) is 0 Å². The summed E-state index contributed by atoms with van der Waals surface area (Å²) in [6.45, 7) is 4.53. The Morgan fingerprint density at radius 2 is 2.29 bits per heavy atom. The van der Waals surface area contributed by atoms with Crippen molar-refractivity contribution in [1.82, 2.24) is 4.90 Å². The van der Waals surface area contributed by atoms with Gasteiger partial charge < -0.3 is 4.42 Å². The van der Waals surface area contributed by atoms with Gasteiger partial charge in [-0.15, -0.1) is 11.3 Å². The summed E-state index contributed by atoms with van der Waals surface area (Å²) in [7, 11) is 1.88. The summed E-state index contributed by atoms with van der Waals surface area (Å²) in [6.07, 6.45) is 0. The SMILES string of the molecule is Cc1oc(NC(=O)CN(C)Cc2cccs2)c(C#N)c1C. The number of aryl methyl sites for hydroxylation is 1. The van der Waals surface area contributed by atoms with Crippen LogP contribution in [0, 0.1) is 25.2 Å². The molecule has 1 N–H and O–H groups in total. The number of nitriles is 1. The molecular weight excluding hydrogens is 286 g/mol. The highest BCUT2D eigenvalue weighted by atomic mass is 32.1. The number of nitrogens with zero attached hydrogens (tertiary/aromatic N) is 2. The van der Waals surface area contributed by atoms with Gasteiger partial charge in [0, 0.05) is 17.0 Å². The maximum absolute atomic E-state index is 12.0. The van der Waals surface area contributed by atoms with Gasteiger partial charge >= 0.3 is 0 Å². The molecular formula is C15H17N3O2S. The molecule has 0 bridgehead atoms. The van der Waals surface area contributed by atoms with Gasteiger partial charge in [-0.1, -0.05) is 6.07 Å². The third-order valence-corrected chi connectivity index (χ3v) is 4.03. The van der Waals surface area contributed by atoms with Crippen molar-refractivity contribution >= 4 is 23.1 Å². The molecule has 2 aromatic rings. The van der Waals surface area contributed by atoms with Gasteiger partial charge in [-0.3, -0.25) is 15.0 Å². The van der Waals surface area contributed by atoms with Crippen LogP contribution in [0.1, 0.15) is 21.8 Å². The van der Waals surface area contributed by atoms with E-state index in [9.17, 15) is 4.79 Å². The number of likely N-dealkylation sites (N-methyl/N-ethyl adjacent to an activating group) is 1. The Hall–Kier alpha value is -2.10. The van der Waals surface area contributed by atoms with E-state index in [-0.39, 0.29) is 18.3 Å². The first kappa shape index (κ1) is 15.3. The maximum atomic E-state index is 12.0. The Kier molecular flexibility index (Phi) is 4.78. The van der Waals surface area contributed by atoms with E-state index in [1.807, 2.05) is 29.5 Å². The first-order valence-corrected chi connectivity index (χ1v) is 7.40. The topological polar surface area (TPSA) is 69.3 Å². The molecule has 0 saturated carbocycles. The molecule has 0 fully saturated rings. The van der Waals surface area contributed by atoms with Gasteiger partial charge in [-0.2, -0.15) is 5.26 Å². The summed E-state index contributed by atoms with van der Waals surface area (Å²) in [6, 6.07) is 6.08. The number of hydrogen-bond donors (Lipinski definition) is 1. The lowest BCUT2D eigenvalue weighted by Crippen LogP contribution is -2.29. The van der Waals surface area contributed by atoms with Gasteiger partial charge in [-0.25, -0.2) is 0 Å². The predicted molar refractivity (Wildman–Crippen MR) is 82.2 cm³/mol. The molecule has 0 spiro atoms. The van der Waals surface area contributed by atoms with Crippen LogP contribution in [-0.4, -0.2) is 24.4 Å². The first-order chi connectivity index (χ1) is 10.0. The van der Waals surface area contributed by atoms with Gasteiger partial charge in [-0.05, 0) is 32.3 Å². The fourth-order valence-corrected chi connectivity index (χ4v) is 2.77. The maximum Gasteiger partial charge on any atom is 0.240 e. The molecule has 0 atom stereocenters. The fourth-order valence-electron chi connectivity index (χ4n) is 1.99. The van der Waals surface area contributed by atoms with E-state index >= 15 is 0 Å². The molecule has 0 aromatic carbocycles. The van der Waals surface area contributed by atoms with E-state index in [1.54, 1.807) is 25.2 Å². The quantitative estimate of drug-likeness (QED) is 0.922. The van der Waals surface area contributed by atoms with E-state index in [0.29, 0.717) is 17.9 Å². The Labute approximate surface area is 127 Å². The molecule has 5 nitrogen and oxygen atoms in total. The molecule has 6 heteroatoms. The van der Waals surface area contributed by atoms with Gasteiger partial charge in [0.25, 0.3) is 0 Å². The molecule has 110 valence electrons. The van der Waals surface area contributed by atoms with Crippen molar-refractivity contribution in [2.75, 3.05) is 18.9 Å². The molecule has 0 aliphatic rings. The fraction of sp³-hybridized carbons (Fsp3) is 0.333. The third kappa shape index (κ3) is 3.72. The average Bonchev–Trinajstić information content (AvgIpc) is 2.99. The average molecular weight is 303 g/mol. The van der Waals surface area contributed by atoms with Crippen molar-refractivity contribution < 1.29 is 9.21 Å². The molecule has 2 heterocycles. The lowest BCUT2D eigenvalue weighted by Gasteiger charge is -2.14. The van der Waals surface area contributed by atoms with Crippen LogP contribution in [0.15, 0.2) is 21.9 Å². The van der Waals surface area contributed by atoms with Crippen LogP contribution in [0.25, 0.3) is 0 Å². The highest BCUT2D eigenvalue weighted by molar-refractivity contribution is 7.09. The van der Waals surface area contributed by atoms with Gasteiger partial charge in [0.05, 0.1) is 6.54 Å². The highest BCUT2D eigenvalue weighted by Crippen LogP contribution is 2.25. The Morgan fingerprint density at radius 3 is 2.90 bits per heavy atom. The van der Waals surface area contributed by atoms with Crippen LogP contribution in [0.4, 0.5) is 5.88 Å². The van der Waals surface area contributed by atoms with Crippen LogP contribution < -0.4 is 5.32 Å². The smallest absolute Gasteiger partial charge is 0.240 e. The van der Waals surface area contributed by atoms with E-state index < -0.39 is 0 Å². The van der Waals surface area contributed by atoms with Crippen LogP contribution >= 0.6 is 11.3 Å². The molecule has 0 aliphatic heterocycles. The Bertz CT molecular complexity index is 668. The molecule has 2 rings (SSSR count). The molecule has 1 amide bonds. The lowest BCUT2D eigenvalue weighted by molar-refractivity contribution is -0.117. The second kappa shape index (κ2) is 6.57. The van der Waals surface area contributed by atoms with Crippen LogP contribution in [0.3, 0.4) is 0 Å². The van der Waals surface area contributed by atoms with Crippen LogP contribution in [-0.2, 0) is 11.3 Å². The zero-order chi connectivity index (χ0) is 15.4. The number of hydrogen-bond acceptors (Lipinski definition) is 5. The summed E-state index contributed by atoms with van der Waals surface area (Å²) >= 11 is 1.66. The van der Waals surface area contributed by atoms with E-state index in [2.05, 4.69) is 11.4 Å². The first-order valence-electron chi connectivity index (χ1n) is 6.52. The van der Waals surface area contributed by atoms with Crippen molar-refractivity contribution in [1.29, 1.82) is 5.26 Å². The minimum absolute atomic E-state index is 0.195. The van der Waals surface area contributed by atoms with Crippen LogP contribution in [0.2, 0.25) is 0 Å². The normalized spacial score (nSPS) is 10.6. The number of thiophene rings is 1. The van der Waals surface area contributed by atoms with Crippen molar-refractivity contribution in [3.05, 3.63) is 39.3 Å². The minimum Gasteiger partial charge on any atom is -0.444 e. The van der Waals surface area contributed by atoms with Crippen molar-refractivity contribution in [2.45, 2.75) is 20.4 Å². The zero-order valence-corrected chi connectivity index (χ0v) is 13.1.